The zero-order valence-electron chi connectivity index (χ0n) is 15.1. The van der Waals surface area contributed by atoms with Gasteiger partial charge in [-0.3, -0.25) is 9.59 Å². The van der Waals surface area contributed by atoms with Crippen molar-refractivity contribution >= 4 is 22.8 Å². The lowest BCUT2D eigenvalue weighted by molar-refractivity contribution is -0.132. The van der Waals surface area contributed by atoms with E-state index in [1.165, 1.54) is 6.26 Å². The first kappa shape index (κ1) is 17.7. The predicted molar refractivity (Wildman–Crippen MR) is 97.5 cm³/mol. The van der Waals surface area contributed by atoms with E-state index in [1.807, 2.05) is 31.2 Å². The number of benzene rings is 1. The van der Waals surface area contributed by atoms with E-state index in [0.717, 1.165) is 23.4 Å². The summed E-state index contributed by atoms with van der Waals surface area (Å²) >= 11 is 0. The van der Waals surface area contributed by atoms with E-state index in [9.17, 15) is 9.59 Å². The van der Waals surface area contributed by atoms with Crippen molar-refractivity contribution in [3.8, 4) is 0 Å². The topological polar surface area (TPSA) is 80.4 Å². The minimum absolute atomic E-state index is 0.181. The third kappa shape index (κ3) is 3.46. The van der Waals surface area contributed by atoms with Crippen LogP contribution in [0.5, 0.6) is 0 Å². The van der Waals surface area contributed by atoms with Crippen LogP contribution in [0.2, 0.25) is 0 Å². The van der Waals surface area contributed by atoms with Gasteiger partial charge in [0.25, 0.3) is 5.91 Å². The number of nitrogens with one attached hydrogen (secondary N) is 1. The molecule has 0 aliphatic rings. The molecule has 0 bridgehead atoms. The van der Waals surface area contributed by atoms with Crippen molar-refractivity contribution in [2.45, 2.75) is 33.0 Å². The van der Waals surface area contributed by atoms with Gasteiger partial charge in [0.15, 0.2) is 5.76 Å². The number of carbonyl (C=O) groups excluding carboxylic acids is 2. The molecule has 1 N–H and O–H groups in total. The Morgan fingerprint density at radius 2 is 2.04 bits per heavy atom. The second kappa shape index (κ2) is 7.43. The fourth-order valence-electron chi connectivity index (χ4n) is 2.96. The van der Waals surface area contributed by atoms with Gasteiger partial charge in [-0.1, -0.05) is 12.1 Å². The molecule has 2 heterocycles. The highest BCUT2D eigenvalue weighted by Gasteiger charge is 2.22. The molecule has 2 aromatic heterocycles. The Morgan fingerprint density at radius 1 is 1.27 bits per heavy atom. The molecular formula is C19H22N4O3. The number of aryl methyl sites for hydroxylation is 1. The average molecular weight is 354 g/mol. The summed E-state index contributed by atoms with van der Waals surface area (Å²) in [4.78, 5) is 30.8. The van der Waals surface area contributed by atoms with Gasteiger partial charge in [-0.05, 0) is 38.1 Å². The Labute approximate surface area is 151 Å². The number of carbonyl (C=O) groups is 2. The van der Waals surface area contributed by atoms with Crippen LogP contribution in [0.25, 0.3) is 11.0 Å². The van der Waals surface area contributed by atoms with Crippen molar-refractivity contribution < 1.29 is 14.0 Å². The molecule has 1 aromatic carbocycles. The molecule has 1 unspecified atom stereocenters. The van der Waals surface area contributed by atoms with Gasteiger partial charge in [0, 0.05) is 13.6 Å². The molecule has 3 rings (SSSR count). The Kier molecular flexibility index (Phi) is 5.06. The largest absolute Gasteiger partial charge is 0.459 e. The Morgan fingerprint density at radius 3 is 2.73 bits per heavy atom. The zero-order chi connectivity index (χ0) is 18.7. The Bertz CT molecular complexity index is 914. The number of hydrogen-bond donors (Lipinski definition) is 1. The first-order valence-electron chi connectivity index (χ1n) is 8.54. The first-order valence-corrected chi connectivity index (χ1v) is 8.54. The monoisotopic (exact) mass is 354 g/mol. The van der Waals surface area contributed by atoms with Gasteiger partial charge in [0.05, 0.1) is 23.8 Å². The van der Waals surface area contributed by atoms with Crippen LogP contribution in [0.4, 0.5) is 0 Å². The van der Waals surface area contributed by atoms with Crippen LogP contribution in [0.3, 0.4) is 0 Å². The maximum Gasteiger partial charge on any atom is 0.287 e. The summed E-state index contributed by atoms with van der Waals surface area (Å²) in [5, 5.41) is 2.65. The van der Waals surface area contributed by atoms with Crippen LogP contribution in [0.15, 0.2) is 47.1 Å². The fourth-order valence-corrected chi connectivity index (χ4v) is 2.96. The molecule has 7 nitrogen and oxygen atoms in total. The predicted octanol–water partition coefficient (Wildman–Crippen LogP) is 2.43. The SMILES string of the molecule is CCn1c(CN(C)C(=O)C(C)NC(=O)c2ccco2)nc2ccccc21. The number of amides is 2. The van der Waals surface area contributed by atoms with Crippen LogP contribution in [0, 0.1) is 0 Å². The molecule has 0 spiro atoms. The molecule has 7 heteroatoms. The number of furan rings is 1. The summed E-state index contributed by atoms with van der Waals surface area (Å²) in [6.45, 7) is 4.83. The van der Waals surface area contributed by atoms with E-state index in [1.54, 1.807) is 31.0 Å². The molecule has 0 aliphatic heterocycles. The number of nitrogens with zero attached hydrogens (tertiary/aromatic N) is 3. The van der Waals surface area contributed by atoms with Gasteiger partial charge < -0.3 is 19.2 Å². The number of rotatable bonds is 6. The lowest BCUT2D eigenvalue weighted by Gasteiger charge is -2.22. The minimum atomic E-state index is -0.669. The molecule has 3 aromatic rings. The maximum atomic E-state index is 12.6. The summed E-state index contributed by atoms with van der Waals surface area (Å²) in [6, 6.07) is 10.4. The molecule has 0 aliphatic carbocycles. The third-order valence-corrected chi connectivity index (χ3v) is 4.27. The molecule has 0 radical (unpaired) electrons. The number of para-hydroxylation sites is 2. The number of fused-ring (bicyclic) bond motifs is 1. The van der Waals surface area contributed by atoms with Crippen molar-refractivity contribution in [2.75, 3.05) is 7.05 Å². The standard InChI is InChI=1S/C19H22N4O3/c1-4-23-15-9-6-5-8-14(15)21-17(23)12-22(3)19(25)13(2)20-18(24)16-10-7-11-26-16/h5-11,13H,4,12H2,1-3H3,(H,20,24). The van der Waals surface area contributed by atoms with E-state index in [-0.39, 0.29) is 11.7 Å². The summed E-state index contributed by atoms with van der Waals surface area (Å²) < 4.78 is 7.13. The Hall–Kier alpha value is -3.09. The van der Waals surface area contributed by atoms with Crippen molar-refractivity contribution in [2.24, 2.45) is 0 Å². The van der Waals surface area contributed by atoms with E-state index in [4.69, 9.17) is 4.42 Å². The zero-order valence-corrected chi connectivity index (χ0v) is 15.1. The second-order valence-electron chi connectivity index (χ2n) is 6.13. The molecule has 2 amide bonds. The van der Waals surface area contributed by atoms with Crippen LogP contribution in [-0.2, 0) is 17.9 Å². The van der Waals surface area contributed by atoms with Crippen molar-refractivity contribution in [1.82, 2.24) is 19.8 Å². The van der Waals surface area contributed by atoms with Gasteiger partial charge in [0.2, 0.25) is 5.91 Å². The fraction of sp³-hybridized carbons (Fsp3) is 0.316. The maximum absolute atomic E-state index is 12.6. The normalized spacial score (nSPS) is 12.1. The van der Waals surface area contributed by atoms with Crippen LogP contribution < -0.4 is 5.32 Å². The number of likely N-dealkylation sites (N-methyl/N-ethyl adjacent to an activating group) is 1. The molecule has 26 heavy (non-hydrogen) atoms. The van der Waals surface area contributed by atoms with Crippen LogP contribution >= 0.6 is 0 Å². The first-order chi connectivity index (χ1) is 12.5. The molecule has 0 fully saturated rings. The van der Waals surface area contributed by atoms with Crippen LogP contribution in [0.1, 0.15) is 30.2 Å². The molecule has 136 valence electrons. The highest BCUT2D eigenvalue weighted by molar-refractivity contribution is 5.95. The van der Waals surface area contributed by atoms with Gasteiger partial charge in [-0.15, -0.1) is 0 Å². The number of imidazole rings is 1. The van der Waals surface area contributed by atoms with E-state index in [2.05, 4.69) is 14.9 Å². The van der Waals surface area contributed by atoms with E-state index in [0.29, 0.717) is 6.54 Å². The van der Waals surface area contributed by atoms with E-state index < -0.39 is 11.9 Å². The highest BCUT2D eigenvalue weighted by Crippen LogP contribution is 2.17. The Balaban J connectivity index is 1.70. The smallest absolute Gasteiger partial charge is 0.287 e. The van der Waals surface area contributed by atoms with Crippen molar-refractivity contribution in [1.29, 1.82) is 0 Å². The number of aromatic nitrogens is 2. The summed E-state index contributed by atoms with van der Waals surface area (Å²) in [7, 11) is 1.71. The van der Waals surface area contributed by atoms with E-state index >= 15 is 0 Å². The minimum Gasteiger partial charge on any atom is -0.459 e. The van der Waals surface area contributed by atoms with Crippen molar-refractivity contribution in [3.63, 3.8) is 0 Å². The third-order valence-electron chi connectivity index (χ3n) is 4.27. The average Bonchev–Trinajstić information content (AvgIpc) is 3.28. The molecular weight excluding hydrogens is 332 g/mol. The lowest BCUT2D eigenvalue weighted by atomic mass is 10.2. The molecule has 1 atom stereocenters. The second-order valence-corrected chi connectivity index (χ2v) is 6.13. The summed E-state index contributed by atoms with van der Waals surface area (Å²) in [5.74, 6) is 0.388. The lowest BCUT2D eigenvalue weighted by Crippen LogP contribution is -2.45. The summed E-state index contributed by atoms with van der Waals surface area (Å²) in [6.07, 6.45) is 1.42. The number of hydrogen-bond acceptors (Lipinski definition) is 4. The highest BCUT2D eigenvalue weighted by atomic mass is 16.3. The van der Waals surface area contributed by atoms with Gasteiger partial charge in [0.1, 0.15) is 11.9 Å². The van der Waals surface area contributed by atoms with Gasteiger partial charge >= 0.3 is 0 Å². The quantitative estimate of drug-likeness (QED) is 0.737. The van der Waals surface area contributed by atoms with Gasteiger partial charge in [-0.2, -0.15) is 0 Å². The van der Waals surface area contributed by atoms with Crippen LogP contribution in [-0.4, -0.2) is 39.4 Å². The van der Waals surface area contributed by atoms with Crippen molar-refractivity contribution in [3.05, 3.63) is 54.2 Å². The molecule has 0 saturated heterocycles. The summed E-state index contributed by atoms with van der Waals surface area (Å²) in [5.41, 5.74) is 1.95. The van der Waals surface area contributed by atoms with Gasteiger partial charge in [-0.25, -0.2) is 4.98 Å². The molecule has 0 saturated carbocycles.